The highest BCUT2D eigenvalue weighted by Gasteiger charge is 2.36. The molecule has 0 saturated heterocycles. The molecule has 0 fully saturated rings. The molecule has 4 rings (SSSR count). The summed E-state index contributed by atoms with van der Waals surface area (Å²) in [6.07, 6.45) is 0.297. The number of methoxy groups -OCH3 is 1. The highest BCUT2D eigenvalue weighted by atomic mass is 16.5. The molecule has 1 heterocycles. The molecule has 1 aliphatic heterocycles. The molecule has 3 aromatic carbocycles. The van der Waals surface area contributed by atoms with Gasteiger partial charge in [0.2, 0.25) is 0 Å². The van der Waals surface area contributed by atoms with E-state index in [0.717, 1.165) is 28.1 Å². The number of anilines is 1. The molecule has 1 atom stereocenters. The molecule has 0 aliphatic carbocycles. The summed E-state index contributed by atoms with van der Waals surface area (Å²) in [5, 5.41) is 3.11. The van der Waals surface area contributed by atoms with Gasteiger partial charge in [0.05, 0.1) is 7.11 Å². The van der Waals surface area contributed by atoms with Gasteiger partial charge in [-0.3, -0.25) is 4.79 Å². The molecule has 200 valence electrons. The highest BCUT2D eigenvalue weighted by Crippen LogP contribution is 2.41. The molecule has 38 heavy (non-hydrogen) atoms. The average molecular weight is 514 g/mol. The van der Waals surface area contributed by atoms with E-state index in [-0.39, 0.29) is 11.3 Å². The monoisotopic (exact) mass is 513 g/mol. The van der Waals surface area contributed by atoms with Gasteiger partial charge >= 0.3 is 0 Å². The summed E-state index contributed by atoms with van der Waals surface area (Å²) in [4.78, 5) is 17.6. The first kappa shape index (κ1) is 27.1. The van der Waals surface area contributed by atoms with Crippen LogP contribution in [0.25, 0.3) is 5.76 Å². The van der Waals surface area contributed by atoms with Crippen LogP contribution < -0.4 is 15.0 Å². The molecule has 6 nitrogen and oxygen atoms in total. The minimum atomic E-state index is -0.402. The molecule has 0 saturated carbocycles. The Bertz CT molecular complexity index is 1310. The Labute approximate surface area is 226 Å². The number of hydrogen-bond acceptors (Lipinski definition) is 5. The Balaban J connectivity index is 1.61. The van der Waals surface area contributed by atoms with Gasteiger partial charge in [-0.2, -0.15) is 0 Å². The maximum absolute atomic E-state index is 13.6. The topological polar surface area (TPSA) is 54.0 Å². The van der Waals surface area contributed by atoms with Crippen molar-refractivity contribution in [2.75, 3.05) is 39.7 Å². The standard InChI is InChI=1S/C32H39N3O3/c1-32(2,3)25-16-14-23(15-17-25)31-35(6)28(29(38-31)24-11-9-12-26(21-24)34(4)5)30(36)33-19-18-22-10-8-13-27(20-22)37-7/h8-17,20-21,31H,18-19H2,1-7H3,(H,33,36). The van der Waals surface area contributed by atoms with Crippen molar-refractivity contribution in [1.82, 2.24) is 10.2 Å². The lowest BCUT2D eigenvalue weighted by atomic mass is 9.86. The molecular formula is C32H39N3O3. The quantitative estimate of drug-likeness (QED) is 0.416. The highest BCUT2D eigenvalue weighted by molar-refractivity contribution is 6.00. The Hall–Kier alpha value is -3.93. The summed E-state index contributed by atoms with van der Waals surface area (Å²) in [5.41, 5.74) is 5.85. The molecule has 1 aliphatic rings. The zero-order valence-corrected chi connectivity index (χ0v) is 23.5. The summed E-state index contributed by atoms with van der Waals surface area (Å²) < 4.78 is 11.9. The number of nitrogens with zero attached hydrogens (tertiary/aromatic N) is 2. The Morgan fingerprint density at radius 3 is 2.39 bits per heavy atom. The molecule has 0 spiro atoms. The number of carbonyl (C=O) groups is 1. The van der Waals surface area contributed by atoms with Gasteiger partial charge < -0.3 is 24.6 Å². The van der Waals surface area contributed by atoms with E-state index in [1.165, 1.54) is 5.56 Å². The molecular weight excluding hydrogens is 474 g/mol. The maximum Gasteiger partial charge on any atom is 0.271 e. The number of ether oxygens (including phenoxy) is 2. The van der Waals surface area contributed by atoms with Crippen molar-refractivity contribution in [2.24, 2.45) is 0 Å². The fraction of sp³-hybridized carbons (Fsp3) is 0.344. The predicted octanol–water partition coefficient (Wildman–Crippen LogP) is 5.75. The second-order valence-electron chi connectivity index (χ2n) is 10.9. The lowest BCUT2D eigenvalue weighted by Crippen LogP contribution is -2.33. The first-order chi connectivity index (χ1) is 18.1. The van der Waals surface area contributed by atoms with Crippen LogP contribution in [0, 0.1) is 0 Å². The summed E-state index contributed by atoms with van der Waals surface area (Å²) in [6.45, 7) is 7.10. The fourth-order valence-electron chi connectivity index (χ4n) is 4.59. The Morgan fingerprint density at radius 1 is 1.03 bits per heavy atom. The summed E-state index contributed by atoms with van der Waals surface area (Å²) in [6, 6.07) is 24.5. The third-order valence-corrected chi connectivity index (χ3v) is 6.88. The number of rotatable bonds is 8. The second-order valence-corrected chi connectivity index (χ2v) is 10.9. The number of hydrogen-bond donors (Lipinski definition) is 1. The van der Waals surface area contributed by atoms with E-state index in [0.29, 0.717) is 24.4 Å². The number of carbonyl (C=O) groups excluding carboxylic acids is 1. The van der Waals surface area contributed by atoms with Crippen molar-refractivity contribution >= 4 is 17.4 Å². The van der Waals surface area contributed by atoms with Gasteiger partial charge in [-0.1, -0.05) is 69.3 Å². The van der Waals surface area contributed by atoms with Crippen LogP contribution in [0.2, 0.25) is 0 Å². The van der Waals surface area contributed by atoms with Crippen molar-refractivity contribution in [3.63, 3.8) is 0 Å². The molecule has 3 aromatic rings. The van der Waals surface area contributed by atoms with Crippen LogP contribution in [-0.2, 0) is 21.4 Å². The molecule has 1 unspecified atom stereocenters. The molecule has 6 heteroatoms. The zero-order valence-electron chi connectivity index (χ0n) is 23.5. The van der Waals surface area contributed by atoms with Gasteiger partial charge in [0.1, 0.15) is 11.4 Å². The van der Waals surface area contributed by atoms with E-state index >= 15 is 0 Å². The molecule has 0 radical (unpaired) electrons. The SMILES string of the molecule is COc1cccc(CCNC(=O)C2=C(c3cccc(N(C)C)c3)OC(c3ccc(C(C)(C)C)cc3)N2C)c1. The fourth-order valence-corrected chi connectivity index (χ4v) is 4.59. The minimum Gasteiger partial charge on any atom is -0.497 e. The molecule has 1 N–H and O–H groups in total. The Morgan fingerprint density at radius 2 is 1.74 bits per heavy atom. The zero-order chi connectivity index (χ0) is 27.4. The van der Waals surface area contributed by atoms with E-state index in [2.05, 4.69) is 56.4 Å². The minimum absolute atomic E-state index is 0.0603. The van der Waals surface area contributed by atoms with Crippen molar-refractivity contribution in [2.45, 2.75) is 38.8 Å². The summed E-state index contributed by atoms with van der Waals surface area (Å²) in [7, 11) is 7.58. The molecule has 0 aromatic heterocycles. The first-order valence-electron chi connectivity index (χ1n) is 13.0. The number of likely N-dealkylation sites (N-methyl/N-ethyl adjacent to an activating group) is 1. The van der Waals surface area contributed by atoms with Gasteiger partial charge in [-0.05, 0) is 47.2 Å². The third kappa shape index (κ3) is 5.96. The van der Waals surface area contributed by atoms with Gasteiger partial charge in [-0.15, -0.1) is 0 Å². The van der Waals surface area contributed by atoms with Crippen molar-refractivity contribution < 1.29 is 14.3 Å². The lowest BCUT2D eigenvalue weighted by molar-refractivity contribution is -0.119. The summed E-state index contributed by atoms with van der Waals surface area (Å²) in [5.74, 6) is 1.23. The van der Waals surface area contributed by atoms with Crippen LogP contribution in [0.1, 0.15) is 49.3 Å². The number of benzene rings is 3. The second kappa shape index (κ2) is 11.2. The van der Waals surface area contributed by atoms with Gasteiger partial charge in [0.15, 0.2) is 12.0 Å². The Kier molecular flexibility index (Phi) is 8.00. The van der Waals surface area contributed by atoms with Crippen LogP contribution in [0.3, 0.4) is 0 Å². The van der Waals surface area contributed by atoms with Crippen LogP contribution in [0.15, 0.2) is 78.5 Å². The van der Waals surface area contributed by atoms with E-state index in [9.17, 15) is 4.79 Å². The van der Waals surface area contributed by atoms with Crippen LogP contribution in [-0.4, -0.2) is 45.6 Å². The smallest absolute Gasteiger partial charge is 0.271 e. The van der Waals surface area contributed by atoms with E-state index in [1.54, 1.807) is 7.11 Å². The maximum atomic E-state index is 13.6. The molecule has 0 bridgehead atoms. The molecule has 1 amide bonds. The van der Waals surface area contributed by atoms with Crippen molar-refractivity contribution in [3.05, 3.63) is 101 Å². The normalized spacial score (nSPS) is 15.3. The summed E-state index contributed by atoms with van der Waals surface area (Å²) >= 11 is 0. The van der Waals surface area contributed by atoms with Gasteiger partial charge in [0.25, 0.3) is 5.91 Å². The van der Waals surface area contributed by atoms with Gasteiger partial charge in [-0.25, -0.2) is 0 Å². The van der Waals surface area contributed by atoms with Crippen molar-refractivity contribution in [3.8, 4) is 5.75 Å². The van der Waals surface area contributed by atoms with Crippen LogP contribution in [0.4, 0.5) is 5.69 Å². The van der Waals surface area contributed by atoms with E-state index < -0.39 is 6.23 Å². The average Bonchev–Trinajstić information content (AvgIpc) is 3.25. The van der Waals surface area contributed by atoms with Crippen molar-refractivity contribution in [1.29, 1.82) is 0 Å². The van der Waals surface area contributed by atoms with Gasteiger partial charge in [0, 0.05) is 44.5 Å². The third-order valence-electron chi connectivity index (χ3n) is 6.88. The first-order valence-corrected chi connectivity index (χ1v) is 13.0. The predicted molar refractivity (Wildman–Crippen MR) is 154 cm³/mol. The largest absolute Gasteiger partial charge is 0.497 e. The number of amides is 1. The van der Waals surface area contributed by atoms with Crippen LogP contribution in [0.5, 0.6) is 5.75 Å². The lowest BCUT2D eigenvalue weighted by Gasteiger charge is -2.24. The van der Waals surface area contributed by atoms with E-state index in [4.69, 9.17) is 9.47 Å². The van der Waals surface area contributed by atoms with E-state index in [1.807, 2.05) is 73.4 Å². The number of nitrogens with one attached hydrogen (secondary N) is 1. The van der Waals surface area contributed by atoms with Crippen LogP contribution >= 0.6 is 0 Å².